The van der Waals surface area contributed by atoms with Crippen LogP contribution in [0.3, 0.4) is 0 Å². The minimum Gasteiger partial charge on any atom is -0.480 e. The number of carboxylic acids is 1. The fourth-order valence-electron chi connectivity index (χ4n) is 1.53. The SMILES string of the molecule is CC(Cc1ccc(Br)cc1)N[C@@H](C)C(=O)O. The highest BCUT2D eigenvalue weighted by Crippen LogP contribution is 2.11. The zero-order chi connectivity index (χ0) is 12.1. The van der Waals surface area contributed by atoms with Crippen LogP contribution in [0.5, 0.6) is 0 Å². The molecule has 0 bridgehead atoms. The number of carbonyl (C=O) groups is 1. The van der Waals surface area contributed by atoms with Gasteiger partial charge in [-0.05, 0) is 38.0 Å². The summed E-state index contributed by atoms with van der Waals surface area (Å²) in [7, 11) is 0. The number of aliphatic carboxylic acids is 1. The van der Waals surface area contributed by atoms with E-state index in [2.05, 4.69) is 21.2 Å². The van der Waals surface area contributed by atoms with Gasteiger partial charge in [-0.3, -0.25) is 4.79 Å². The summed E-state index contributed by atoms with van der Waals surface area (Å²) in [6.45, 7) is 3.64. The molecule has 0 spiro atoms. The highest BCUT2D eigenvalue weighted by molar-refractivity contribution is 9.10. The van der Waals surface area contributed by atoms with Crippen LogP contribution in [0.2, 0.25) is 0 Å². The molecule has 16 heavy (non-hydrogen) atoms. The normalized spacial score (nSPS) is 14.4. The standard InChI is InChI=1S/C12H16BrNO2/c1-8(14-9(2)12(15)16)7-10-3-5-11(13)6-4-10/h3-6,8-9,14H,7H2,1-2H3,(H,15,16)/t8?,9-/m0/s1. The van der Waals surface area contributed by atoms with Crippen LogP contribution >= 0.6 is 15.9 Å². The van der Waals surface area contributed by atoms with Crippen molar-refractivity contribution in [1.82, 2.24) is 5.32 Å². The van der Waals surface area contributed by atoms with Gasteiger partial charge in [-0.1, -0.05) is 28.1 Å². The Morgan fingerprint density at radius 2 is 1.94 bits per heavy atom. The van der Waals surface area contributed by atoms with E-state index in [1.165, 1.54) is 5.56 Å². The molecule has 4 heteroatoms. The molecule has 2 N–H and O–H groups in total. The van der Waals surface area contributed by atoms with Gasteiger partial charge in [-0.2, -0.15) is 0 Å². The lowest BCUT2D eigenvalue weighted by Crippen LogP contribution is -2.40. The van der Waals surface area contributed by atoms with E-state index in [1.54, 1.807) is 6.92 Å². The zero-order valence-electron chi connectivity index (χ0n) is 9.40. The fraction of sp³-hybridized carbons (Fsp3) is 0.417. The van der Waals surface area contributed by atoms with Crippen LogP contribution in [0.15, 0.2) is 28.7 Å². The van der Waals surface area contributed by atoms with E-state index in [-0.39, 0.29) is 6.04 Å². The van der Waals surface area contributed by atoms with Crippen molar-refractivity contribution in [2.75, 3.05) is 0 Å². The number of nitrogens with one attached hydrogen (secondary N) is 1. The summed E-state index contributed by atoms with van der Waals surface area (Å²) < 4.78 is 1.05. The molecule has 0 aliphatic heterocycles. The molecule has 0 saturated carbocycles. The molecule has 1 aromatic carbocycles. The summed E-state index contributed by atoms with van der Waals surface area (Å²) in [5, 5.41) is 11.8. The third kappa shape index (κ3) is 4.33. The number of hydrogen-bond acceptors (Lipinski definition) is 2. The average Bonchev–Trinajstić information content (AvgIpc) is 2.21. The van der Waals surface area contributed by atoms with Crippen molar-refractivity contribution in [2.24, 2.45) is 0 Å². The van der Waals surface area contributed by atoms with E-state index in [0.717, 1.165) is 10.9 Å². The number of rotatable bonds is 5. The minimum absolute atomic E-state index is 0.146. The molecule has 1 aromatic rings. The van der Waals surface area contributed by atoms with E-state index in [9.17, 15) is 4.79 Å². The third-order valence-electron chi connectivity index (χ3n) is 2.36. The lowest BCUT2D eigenvalue weighted by molar-refractivity contribution is -0.139. The summed E-state index contributed by atoms with van der Waals surface area (Å²) in [4.78, 5) is 10.7. The number of halogens is 1. The summed E-state index contributed by atoms with van der Waals surface area (Å²) in [6.07, 6.45) is 0.824. The van der Waals surface area contributed by atoms with E-state index in [1.807, 2.05) is 31.2 Å². The van der Waals surface area contributed by atoms with Gasteiger partial charge in [0.25, 0.3) is 0 Å². The average molecular weight is 286 g/mol. The molecule has 88 valence electrons. The smallest absolute Gasteiger partial charge is 0.320 e. The first-order valence-electron chi connectivity index (χ1n) is 5.22. The van der Waals surface area contributed by atoms with Crippen LogP contribution in [0, 0.1) is 0 Å². The van der Waals surface area contributed by atoms with Crippen molar-refractivity contribution in [3.8, 4) is 0 Å². The van der Waals surface area contributed by atoms with Gasteiger partial charge in [0.05, 0.1) is 0 Å². The summed E-state index contributed by atoms with van der Waals surface area (Å²) in [5.41, 5.74) is 1.20. The second-order valence-electron chi connectivity index (χ2n) is 3.96. The maximum atomic E-state index is 10.7. The summed E-state index contributed by atoms with van der Waals surface area (Å²) >= 11 is 3.38. The van der Waals surface area contributed by atoms with Gasteiger partial charge in [0.1, 0.15) is 6.04 Å². The number of carboxylic acid groups (broad SMARTS) is 1. The van der Waals surface area contributed by atoms with Crippen LogP contribution in [0.1, 0.15) is 19.4 Å². The molecule has 1 rings (SSSR count). The molecule has 0 aliphatic carbocycles. The molecule has 2 atom stereocenters. The van der Waals surface area contributed by atoms with Crippen LogP contribution in [-0.2, 0) is 11.2 Å². The van der Waals surface area contributed by atoms with Crippen molar-refractivity contribution < 1.29 is 9.90 Å². The number of benzene rings is 1. The third-order valence-corrected chi connectivity index (χ3v) is 2.89. The lowest BCUT2D eigenvalue weighted by atomic mass is 10.1. The maximum absolute atomic E-state index is 10.7. The summed E-state index contributed by atoms with van der Waals surface area (Å²) in [6, 6.07) is 7.69. The van der Waals surface area contributed by atoms with E-state index in [4.69, 9.17) is 5.11 Å². The van der Waals surface area contributed by atoms with Crippen molar-refractivity contribution in [3.05, 3.63) is 34.3 Å². The Bertz CT molecular complexity index is 351. The van der Waals surface area contributed by atoms with E-state index >= 15 is 0 Å². The topological polar surface area (TPSA) is 49.3 Å². The van der Waals surface area contributed by atoms with Crippen LogP contribution < -0.4 is 5.32 Å². The van der Waals surface area contributed by atoms with Crippen molar-refractivity contribution in [1.29, 1.82) is 0 Å². The highest BCUT2D eigenvalue weighted by Gasteiger charge is 2.13. The second kappa shape index (κ2) is 6.01. The van der Waals surface area contributed by atoms with Crippen LogP contribution in [-0.4, -0.2) is 23.2 Å². The molecule has 0 fully saturated rings. The first-order chi connectivity index (χ1) is 7.49. The molecule has 0 amide bonds. The molecule has 1 unspecified atom stereocenters. The maximum Gasteiger partial charge on any atom is 0.320 e. The minimum atomic E-state index is -0.817. The molecular formula is C12H16BrNO2. The number of hydrogen-bond donors (Lipinski definition) is 2. The fourth-order valence-corrected chi connectivity index (χ4v) is 1.80. The Morgan fingerprint density at radius 1 is 1.38 bits per heavy atom. The predicted octanol–water partition coefficient (Wildman–Crippen LogP) is 2.44. The first kappa shape index (κ1) is 13.2. The Balaban J connectivity index is 2.48. The van der Waals surface area contributed by atoms with Gasteiger partial charge in [0, 0.05) is 10.5 Å². The predicted molar refractivity (Wildman–Crippen MR) is 67.5 cm³/mol. The molecule has 0 aliphatic rings. The molecular weight excluding hydrogens is 270 g/mol. The van der Waals surface area contributed by atoms with Gasteiger partial charge in [-0.25, -0.2) is 0 Å². The Morgan fingerprint density at radius 3 is 2.44 bits per heavy atom. The van der Waals surface area contributed by atoms with Gasteiger partial charge >= 0.3 is 5.97 Å². The molecule has 0 saturated heterocycles. The van der Waals surface area contributed by atoms with E-state index in [0.29, 0.717) is 0 Å². The Kier molecular flexibility index (Phi) is 4.96. The molecule has 3 nitrogen and oxygen atoms in total. The molecule has 0 radical (unpaired) electrons. The Labute approximate surface area is 104 Å². The van der Waals surface area contributed by atoms with Crippen LogP contribution in [0.25, 0.3) is 0 Å². The molecule has 0 heterocycles. The van der Waals surface area contributed by atoms with Crippen molar-refractivity contribution in [3.63, 3.8) is 0 Å². The van der Waals surface area contributed by atoms with E-state index < -0.39 is 12.0 Å². The van der Waals surface area contributed by atoms with Crippen molar-refractivity contribution >= 4 is 21.9 Å². The Hall–Kier alpha value is -0.870. The van der Waals surface area contributed by atoms with Gasteiger partial charge in [0.15, 0.2) is 0 Å². The lowest BCUT2D eigenvalue weighted by Gasteiger charge is -2.17. The first-order valence-corrected chi connectivity index (χ1v) is 6.01. The molecule has 0 aromatic heterocycles. The van der Waals surface area contributed by atoms with Crippen LogP contribution in [0.4, 0.5) is 0 Å². The second-order valence-corrected chi connectivity index (χ2v) is 4.87. The van der Waals surface area contributed by atoms with Gasteiger partial charge < -0.3 is 10.4 Å². The quantitative estimate of drug-likeness (QED) is 0.874. The van der Waals surface area contributed by atoms with Gasteiger partial charge in [0.2, 0.25) is 0 Å². The van der Waals surface area contributed by atoms with Crippen molar-refractivity contribution in [2.45, 2.75) is 32.4 Å². The highest BCUT2D eigenvalue weighted by atomic mass is 79.9. The summed E-state index contributed by atoms with van der Waals surface area (Å²) in [5.74, 6) is -0.817. The largest absolute Gasteiger partial charge is 0.480 e. The zero-order valence-corrected chi connectivity index (χ0v) is 11.0. The monoisotopic (exact) mass is 285 g/mol. The van der Waals surface area contributed by atoms with Gasteiger partial charge in [-0.15, -0.1) is 0 Å².